The van der Waals surface area contributed by atoms with Crippen LogP contribution < -0.4 is 10.6 Å². The van der Waals surface area contributed by atoms with Crippen molar-refractivity contribution in [2.75, 3.05) is 13.1 Å². The van der Waals surface area contributed by atoms with Crippen LogP contribution in [0, 0.1) is 5.41 Å². The largest absolute Gasteiger partial charge is 0.399 e. The second-order valence-electron chi connectivity index (χ2n) is 3.28. The van der Waals surface area contributed by atoms with Gasteiger partial charge in [0.15, 0.2) is 0 Å². The standard InChI is InChI=1S/C10H21N3OS/c1-3-5-7-12-9(11)14-10(15)13-8-6-4-2/h3-8H2,1-2H3,(H2,11,12)(H,13,15). The van der Waals surface area contributed by atoms with E-state index in [1.807, 2.05) is 0 Å². The van der Waals surface area contributed by atoms with Crippen molar-refractivity contribution < 1.29 is 4.74 Å². The Morgan fingerprint density at radius 1 is 1.13 bits per heavy atom. The zero-order valence-electron chi connectivity index (χ0n) is 9.56. The number of hydrogen-bond donors (Lipinski definition) is 3. The average Bonchev–Trinajstić information content (AvgIpc) is 2.18. The van der Waals surface area contributed by atoms with Gasteiger partial charge in [-0.1, -0.05) is 26.7 Å². The molecule has 15 heavy (non-hydrogen) atoms. The van der Waals surface area contributed by atoms with Crippen LogP contribution in [0.25, 0.3) is 0 Å². The van der Waals surface area contributed by atoms with Crippen LogP contribution >= 0.6 is 12.2 Å². The minimum absolute atomic E-state index is 0.0254. The minimum Gasteiger partial charge on any atom is -0.399 e. The maximum Gasteiger partial charge on any atom is 0.289 e. The van der Waals surface area contributed by atoms with Gasteiger partial charge < -0.3 is 15.4 Å². The molecule has 4 nitrogen and oxygen atoms in total. The van der Waals surface area contributed by atoms with E-state index in [0.717, 1.165) is 38.8 Å². The zero-order valence-corrected chi connectivity index (χ0v) is 10.4. The van der Waals surface area contributed by atoms with Gasteiger partial charge in [0.2, 0.25) is 0 Å². The first-order chi connectivity index (χ1) is 7.20. The molecule has 0 aromatic carbocycles. The summed E-state index contributed by atoms with van der Waals surface area (Å²) in [6, 6.07) is 0.0254. The highest BCUT2D eigenvalue weighted by Crippen LogP contribution is 1.86. The molecule has 0 saturated carbocycles. The van der Waals surface area contributed by atoms with E-state index < -0.39 is 0 Å². The third-order valence-corrected chi connectivity index (χ3v) is 2.04. The van der Waals surface area contributed by atoms with E-state index >= 15 is 0 Å². The number of amidine groups is 1. The van der Waals surface area contributed by atoms with E-state index in [1.54, 1.807) is 0 Å². The van der Waals surface area contributed by atoms with Crippen LogP contribution in [0.15, 0.2) is 0 Å². The smallest absolute Gasteiger partial charge is 0.289 e. The van der Waals surface area contributed by atoms with Crippen molar-refractivity contribution in [3.05, 3.63) is 0 Å². The Balaban J connectivity index is 3.45. The number of thiocarbonyl (C=S) groups is 1. The summed E-state index contributed by atoms with van der Waals surface area (Å²) in [6.07, 6.45) is 4.29. The van der Waals surface area contributed by atoms with E-state index in [9.17, 15) is 0 Å². The first-order valence-electron chi connectivity index (χ1n) is 5.48. The molecule has 0 bridgehead atoms. The molecule has 0 saturated heterocycles. The molecule has 0 atom stereocenters. The van der Waals surface area contributed by atoms with Gasteiger partial charge in [0.25, 0.3) is 11.2 Å². The summed E-state index contributed by atoms with van der Waals surface area (Å²) >= 11 is 4.91. The number of ether oxygens (including phenoxy) is 1. The quantitative estimate of drug-likeness (QED) is 0.283. The number of hydrogen-bond acceptors (Lipinski definition) is 3. The molecule has 0 radical (unpaired) electrons. The van der Waals surface area contributed by atoms with Crippen LogP contribution in [0.5, 0.6) is 0 Å². The zero-order chi connectivity index (χ0) is 11.5. The Labute approximate surface area is 97.3 Å². The molecule has 0 rings (SSSR count). The monoisotopic (exact) mass is 231 g/mol. The van der Waals surface area contributed by atoms with Gasteiger partial charge in [-0.05, 0) is 25.1 Å². The molecule has 0 aliphatic heterocycles. The molecule has 0 amide bonds. The molecule has 0 aromatic heterocycles. The van der Waals surface area contributed by atoms with Crippen molar-refractivity contribution in [3.8, 4) is 0 Å². The van der Waals surface area contributed by atoms with Gasteiger partial charge in [0.05, 0.1) is 0 Å². The van der Waals surface area contributed by atoms with Crippen molar-refractivity contribution in [2.45, 2.75) is 39.5 Å². The van der Waals surface area contributed by atoms with E-state index in [1.165, 1.54) is 0 Å². The Bertz CT molecular complexity index is 177. The van der Waals surface area contributed by atoms with E-state index in [-0.39, 0.29) is 11.2 Å². The van der Waals surface area contributed by atoms with Crippen LogP contribution in [-0.4, -0.2) is 24.3 Å². The molecule has 0 unspecified atom stereocenters. The predicted octanol–water partition coefficient (Wildman–Crippen LogP) is 2.00. The average molecular weight is 231 g/mol. The topological polar surface area (TPSA) is 57.1 Å². The predicted molar refractivity (Wildman–Crippen MR) is 67.2 cm³/mol. The van der Waals surface area contributed by atoms with Crippen molar-refractivity contribution in [1.29, 1.82) is 5.41 Å². The van der Waals surface area contributed by atoms with E-state index in [4.69, 9.17) is 22.4 Å². The summed E-state index contributed by atoms with van der Waals surface area (Å²) in [5.74, 6) is 0. The first kappa shape index (κ1) is 14.2. The lowest BCUT2D eigenvalue weighted by Gasteiger charge is -2.10. The van der Waals surface area contributed by atoms with Gasteiger partial charge >= 0.3 is 0 Å². The van der Waals surface area contributed by atoms with Gasteiger partial charge in [-0.2, -0.15) is 0 Å². The maximum atomic E-state index is 7.42. The van der Waals surface area contributed by atoms with Crippen molar-refractivity contribution in [2.24, 2.45) is 0 Å². The van der Waals surface area contributed by atoms with Crippen LogP contribution in [0.1, 0.15) is 39.5 Å². The van der Waals surface area contributed by atoms with Crippen LogP contribution in [0.2, 0.25) is 0 Å². The molecule has 0 spiro atoms. The molecular formula is C10H21N3OS. The molecular weight excluding hydrogens is 210 g/mol. The number of rotatable bonds is 6. The molecule has 0 aliphatic carbocycles. The van der Waals surface area contributed by atoms with Gasteiger partial charge in [-0.3, -0.25) is 5.41 Å². The van der Waals surface area contributed by atoms with Gasteiger partial charge in [0.1, 0.15) is 0 Å². The normalized spacial score (nSPS) is 9.47. The summed E-state index contributed by atoms with van der Waals surface area (Å²) in [5.41, 5.74) is 0. The molecule has 0 aromatic rings. The van der Waals surface area contributed by atoms with Crippen LogP contribution in [0.4, 0.5) is 0 Å². The van der Waals surface area contributed by atoms with Crippen LogP contribution in [-0.2, 0) is 4.74 Å². The molecule has 88 valence electrons. The third kappa shape index (κ3) is 9.46. The summed E-state index contributed by atoms with van der Waals surface area (Å²) < 4.78 is 5.04. The van der Waals surface area contributed by atoms with Gasteiger partial charge in [-0.25, -0.2) is 0 Å². The van der Waals surface area contributed by atoms with Crippen molar-refractivity contribution in [3.63, 3.8) is 0 Å². The lowest BCUT2D eigenvalue weighted by Crippen LogP contribution is -2.33. The first-order valence-corrected chi connectivity index (χ1v) is 5.89. The summed E-state index contributed by atoms with van der Waals surface area (Å²) in [5, 5.41) is 13.5. The molecule has 0 aliphatic rings. The number of nitrogens with one attached hydrogen (secondary N) is 3. The van der Waals surface area contributed by atoms with Crippen LogP contribution in [0.3, 0.4) is 0 Å². The summed E-state index contributed by atoms with van der Waals surface area (Å²) in [7, 11) is 0. The summed E-state index contributed by atoms with van der Waals surface area (Å²) in [4.78, 5) is 0. The van der Waals surface area contributed by atoms with Crippen molar-refractivity contribution >= 4 is 23.4 Å². The Morgan fingerprint density at radius 2 is 1.67 bits per heavy atom. The molecule has 3 N–H and O–H groups in total. The third-order valence-electron chi connectivity index (χ3n) is 1.81. The second kappa shape index (κ2) is 9.71. The molecule has 0 heterocycles. The lowest BCUT2D eigenvalue weighted by molar-refractivity contribution is 0.484. The highest BCUT2D eigenvalue weighted by molar-refractivity contribution is 7.80. The van der Waals surface area contributed by atoms with Gasteiger partial charge in [-0.15, -0.1) is 0 Å². The molecule has 5 heteroatoms. The van der Waals surface area contributed by atoms with Gasteiger partial charge in [0, 0.05) is 13.1 Å². The molecule has 0 fully saturated rings. The maximum absolute atomic E-state index is 7.42. The summed E-state index contributed by atoms with van der Waals surface area (Å²) in [6.45, 7) is 5.77. The fraction of sp³-hybridized carbons (Fsp3) is 0.800. The Kier molecular flexibility index (Phi) is 9.16. The fourth-order valence-corrected chi connectivity index (χ4v) is 1.10. The second-order valence-corrected chi connectivity index (χ2v) is 3.65. The Morgan fingerprint density at radius 3 is 2.20 bits per heavy atom. The highest BCUT2D eigenvalue weighted by Gasteiger charge is 2.00. The minimum atomic E-state index is 0.0254. The van der Waals surface area contributed by atoms with E-state index in [0.29, 0.717) is 0 Å². The lowest BCUT2D eigenvalue weighted by atomic mass is 10.3. The Hall–Kier alpha value is -0.840. The number of unbranched alkanes of at least 4 members (excludes halogenated alkanes) is 2. The van der Waals surface area contributed by atoms with Crippen molar-refractivity contribution in [1.82, 2.24) is 10.6 Å². The fourth-order valence-electron chi connectivity index (χ4n) is 0.911. The highest BCUT2D eigenvalue weighted by atomic mass is 32.1. The SMILES string of the molecule is CCCCNC(=N)OC(=S)NCCCC. The van der Waals surface area contributed by atoms with E-state index in [2.05, 4.69) is 24.5 Å².